The first kappa shape index (κ1) is 22.0. The Kier molecular flexibility index (Phi) is 8.01. The summed E-state index contributed by atoms with van der Waals surface area (Å²) in [6.07, 6.45) is 2.51. The number of nitro groups is 1. The number of hydrogen-bond acceptors (Lipinski definition) is 6. The predicted octanol–water partition coefficient (Wildman–Crippen LogP) is 2.35. The minimum Gasteiger partial charge on any atom is -0.466 e. The molecule has 9 heteroatoms. The molecule has 1 N–H and O–H groups in total. The third kappa shape index (κ3) is 6.16. The van der Waals surface area contributed by atoms with E-state index in [4.69, 9.17) is 14.5 Å². The zero-order chi connectivity index (χ0) is 21.3. The normalized spacial score (nSPS) is 20.2. The van der Waals surface area contributed by atoms with Gasteiger partial charge in [-0.15, -0.1) is 0 Å². The third-order valence-corrected chi connectivity index (χ3v) is 5.55. The lowest BCUT2D eigenvalue weighted by Crippen LogP contribution is -2.48. The number of carbonyl (C=O) groups is 1. The topological polar surface area (TPSA) is 106 Å². The van der Waals surface area contributed by atoms with Crippen molar-refractivity contribution in [3.8, 4) is 0 Å². The van der Waals surface area contributed by atoms with E-state index >= 15 is 0 Å². The molecule has 164 valence electrons. The number of benzene rings is 1. The number of piperidine rings is 1. The van der Waals surface area contributed by atoms with Gasteiger partial charge in [0.05, 0.1) is 30.6 Å². The second-order valence-corrected chi connectivity index (χ2v) is 7.69. The molecule has 2 aliphatic rings. The van der Waals surface area contributed by atoms with Crippen LogP contribution < -0.4 is 5.32 Å². The summed E-state index contributed by atoms with van der Waals surface area (Å²) in [5, 5.41) is 14.3. The van der Waals surface area contributed by atoms with Crippen LogP contribution in [0.4, 0.5) is 5.69 Å². The first-order valence-electron chi connectivity index (χ1n) is 10.6. The molecule has 0 saturated carbocycles. The van der Waals surface area contributed by atoms with Gasteiger partial charge in [0.2, 0.25) is 0 Å². The molecule has 2 saturated heterocycles. The van der Waals surface area contributed by atoms with Gasteiger partial charge in [0.25, 0.3) is 5.69 Å². The van der Waals surface area contributed by atoms with Crippen molar-refractivity contribution in [2.75, 3.05) is 39.5 Å². The molecule has 2 aliphatic heterocycles. The zero-order valence-electron chi connectivity index (χ0n) is 17.4. The van der Waals surface area contributed by atoms with Crippen molar-refractivity contribution in [2.45, 2.75) is 32.7 Å². The quantitative estimate of drug-likeness (QED) is 0.238. The second kappa shape index (κ2) is 10.9. The Hall–Kier alpha value is -2.68. The summed E-state index contributed by atoms with van der Waals surface area (Å²) in [6.45, 7) is 6.47. The van der Waals surface area contributed by atoms with Gasteiger partial charge in [-0.25, -0.2) is 4.99 Å². The van der Waals surface area contributed by atoms with Crippen molar-refractivity contribution >= 4 is 17.6 Å². The van der Waals surface area contributed by atoms with E-state index in [-0.39, 0.29) is 17.6 Å². The molecule has 2 heterocycles. The molecular weight excluding hydrogens is 388 g/mol. The van der Waals surface area contributed by atoms with E-state index in [9.17, 15) is 14.9 Å². The number of hydrogen-bond donors (Lipinski definition) is 1. The van der Waals surface area contributed by atoms with Gasteiger partial charge in [0.1, 0.15) is 0 Å². The molecule has 0 radical (unpaired) electrons. The number of aliphatic imine (C=N–C) groups is 1. The molecule has 9 nitrogen and oxygen atoms in total. The molecule has 30 heavy (non-hydrogen) atoms. The van der Waals surface area contributed by atoms with Gasteiger partial charge >= 0.3 is 5.97 Å². The van der Waals surface area contributed by atoms with Crippen LogP contribution in [-0.2, 0) is 20.8 Å². The van der Waals surface area contributed by atoms with Crippen LogP contribution in [0.1, 0.15) is 31.7 Å². The molecule has 0 spiro atoms. The lowest BCUT2D eigenvalue weighted by atomic mass is 9.97. The smallest absolute Gasteiger partial charge is 0.309 e. The average Bonchev–Trinajstić information content (AvgIpc) is 3.28. The molecule has 1 aromatic rings. The van der Waals surface area contributed by atoms with Crippen LogP contribution in [0.5, 0.6) is 0 Å². The largest absolute Gasteiger partial charge is 0.466 e. The van der Waals surface area contributed by atoms with Gasteiger partial charge in [-0.1, -0.05) is 12.1 Å². The summed E-state index contributed by atoms with van der Waals surface area (Å²) >= 11 is 0. The van der Waals surface area contributed by atoms with E-state index in [1.54, 1.807) is 12.1 Å². The number of carbonyl (C=O) groups excluding carboxylic acids is 1. The van der Waals surface area contributed by atoms with E-state index in [1.165, 1.54) is 12.1 Å². The van der Waals surface area contributed by atoms with Crippen LogP contribution in [0, 0.1) is 22.0 Å². The number of rotatable bonds is 7. The van der Waals surface area contributed by atoms with Gasteiger partial charge in [0, 0.05) is 44.3 Å². The zero-order valence-corrected chi connectivity index (χ0v) is 17.4. The fraction of sp³-hybridized carbons (Fsp3) is 0.619. The molecule has 0 aromatic heterocycles. The fourth-order valence-electron chi connectivity index (χ4n) is 3.72. The second-order valence-electron chi connectivity index (χ2n) is 7.69. The first-order chi connectivity index (χ1) is 14.6. The average molecular weight is 418 g/mol. The van der Waals surface area contributed by atoms with Crippen molar-refractivity contribution in [3.05, 3.63) is 39.9 Å². The maximum absolute atomic E-state index is 12.0. The highest BCUT2D eigenvalue weighted by Crippen LogP contribution is 2.20. The van der Waals surface area contributed by atoms with E-state index in [0.717, 1.165) is 63.6 Å². The lowest BCUT2D eigenvalue weighted by molar-refractivity contribution is -0.384. The van der Waals surface area contributed by atoms with Gasteiger partial charge in [-0.3, -0.25) is 14.9 Å². The van der Waals surface area contributed by atoms with Gasteiger partial charge in [-0.05, 0) is 31.7 Å². The van der Waals surface area contributed by atoms with E-state index in [2.05, 4.69) is 10.2 Å². The van der Waals surface area contributed by atoms with E-state index < -0.39 is 4.92 Å². The SMILES string of the molecule is CCOC(=O)C1CCN(C(=NCc2ccc([N+](=O)[O-])cc2)NCC2CCOC2)CC1. The molecule has 0 aliphatic carbocycles. The first-order valence-corrected chi connectivity index (χ1v) is 10.6. The Morgan fingerprint density at radius 3 is 2.63 bits per heavy atom. The Morgan fingerprint density at radius 1 is 1.30 bits per heavy atom. The van der Waals surface area contributed by atoms with Gasteiger partial charge in [-0.2, -0.15) is 0 Å². The monoisotopic (exact) mass is 418 g/mol. The molecule has 1 aromatic carbocycles. The molecule has 0 bridgehead atoms. The number of non-ortho nitro benzene ring substituents is 1. The van der Waals surface area contributed by atoms with Crippen LogP contribution in [0.15, 0.2) is 29.3 Å². The molecule has 1 unspecified atom stereocenters. The third-order valence-electron chi connectivity index (χ3n) is 5.55. The summed E-state index contributed by atoms with van der Waals surface area (Å²) in [4.78, 5) is 29.4. The van der Waals surface area contributed by atoms with Gasteiger partial charge < -0.3 is 19.7 Å². The number of guanidine groups is 1. The van der Waals surface area contributed by atoms with Crippen LogP contribution in [0.3, 0.4) is 0 Å². The molecular formula is C21H30N4O5. The van der Waals surface area contributed by atoms with Crippen LogP contribution >= 0.6 is 0 Å². The maximum Gasteiger partial charge on any atom is 0.309 e. The van der Waals surface area contributed by atoms with Crippen molar-refractivity contribution in [3.63, 3.8) is 0 Å². The number of ether oxygens (including phenoxy) is 2. The Balaban J connectivity index is 1.63. The summed E-state index contributed by atoms with van der Waals surface area (Å²) in [5.74, 6) is 1.10. The van der Waals surface area contributed by atoms with Crippen molar-refractivity contribution in [2.24, 2.45) is 16.8 Å². The summed E-state index contributed by atoms with van der Waals surface area (Å²) in [6, 6.07) is 6.46. The maximum atomic E-state index is 12.0. The standard InChI is InChI=1S/C21H30N4O5/c1-2-30-20(26)18-7-10-24(11-8-18)21(23-14-17-9-12-29-15-17)22-13-16-3-5-19(6-4-16)25(27)28/h3-6,17-18H,2,7-15H2,1H3,(H,22,23). The fourth-order valence-corrected chi connectivity index (χ4v) is 3.72. The molecule has 0 amide bonds. The molecule has 2 fully saturated rings. The van der Waals surface area contributed by atoms with Gasteiger partial charge in [0.15, 0.2) is 5.96 Å². The van der Waals surface area contributed by atoms with E-state index in [1.807, 2.05) is 6.92 Å². The highest BCUT2D eigenvalue weighted by atomic mass is 16.6. The highest BCUT2D eigenvalue weighted by Gasteiger charge is 2.28. The van der Waals surface area contributed by atoms with Crippen molar-refractivity contribution < 1.29 is 19.2 Å². The summed E-state index contributed by atoms with van der Waals surface area (Å²) in [5.41, 5.74) is 0.980. The Bertz CT molecular complexity index is 738. The highest BCUT2D eigenvalue weighted by molar-refractivity contribution is 5.80. The van der Waals surface area contributed by atoms with Crippen molar-refractivity contribution in [1.29, 1.82) is 0 Å². The lowest BCUT2D eigenvalue weighted by Gasteiger charge is -2.33. The number of likely N-dealkylation sites (tertiary alicyclic amines) is 1. The van der Waals surface area contributed by atoms with Crippen LogP contribution in [-0.4, -0.2) is 61.2 Å². The number of nitrogens with one attached hydrogen (secondary N) is 1. The van der Waals surface area contributed by atoms with E-state index in [0.29, 0.717) is 19.1 Å². The Labute approximate surface area is 176 Å². The minimum atomic E-state index is -0.405. The number of esters is 1. The summed E-state index contributed by atoms with van der Waals surface area (Å²) in [7, 11) is 0. The molecule has 1 atom stereocenters. The van der Waals surface area contributed by atoms with Crippen LogP contribution in [0.25, 0.3) is 0 Å². The van der Waals surface area contributed by atoms with Crippen LogP contribution in [0.2, 0.25) is 0 Å². The summed E-state index contributed by atoms with van der Waals surface area (Å²) < 4.78 is 10.6. The number of nitrogens with zero attached hydrogens (tertiary/aromatic N) is 3. The minimum absolute atomic E-state index is 0.0552. The molecule has 3 rings (SSSR count). The number of nitro benzene ring substituents is 1. The predicted molar refractivity (Wildman–Crippen MR) is 112 cm³/mol. The Morgan fingerprint density at radius 2 is 2.03 bits per heavy atom. The van der Waals surface area contributed by atoms with Crippen molar-refractivity contribution in [1.82, 2.24) is 10.2 Å².